The quantitative estimate of drug-likeness (QED) is 0.593. The van der Waals surface area contributed by atoms with Gasteiger partial charge in [0.1, 0.15) is 6.33 Å². The molecule has 0 aliphatic rings. The van der Waals surface area contributed by atoms with Gasteiger partial charge in [0.25, 0.3) is 5.82 Å². The molecule has 7 nitrogen and oxygen atoms in total. The molecule has 0 aromatic carbocycles. The molecule has 1 rings (SSSR count). The van der Waals surface area contributed by atoms with Crippen LogP contribution in [0.4, 0.5) is 0 Å². The number of rotatable bonds is 5. The lowest BCUT2D eigenvalue weighted by Crippen LogP contribution is -2.06. The van der Waals surface area contributed by atoms with E-state index in [-0.39, 0.29) is 12.4 Å². The van der Waals surface area contributed by atoms with Crippen molar-refractivity contribution in [2.24, 2.45) is 0 Å². The van der Waals surface area contributed by atoms with Gasteiger partial charge in [-0.05, 0) is 6.42 Å². The fourth-order valence-electron chi connectivity index (χ4n) is 1.15. The number of carboxylic acid groups (broad SMARTS) is 1. The van der Waals surface area contributed by atoms with Crippen molar-refractivity contribution < 1.29 is 19.4 Å². The predicted octanol–water partition coefficient (Wildman–Crippen LogP) is 0.486. The lowest BCUT2D eigenvalue weighted by Gasteiger charge is -1.98. The van der Waals surface area contributed by atoms with E-state index in [4.69, 9.17) is 5.11 Å². The molecule has 0 amide bonds. The Bertz CT molecular complexity index is 450. The molecule has 92 valence electrons. The summed E-state index contributed by atoms with van der Waals surface area (Å²) < 4.78 is 5.81. The Morgan fingerprint density at radius 1 is 1.59 bits per heavy atom. The zero-order chi connectivity index (χ0) is 12.8. The van der Waals surface area contributed by atoms with E-state index in [1.54, 1.807) is 6.92 Å². The van der Waals surface area contributed by atoms with Crippen LogP contribution in [0.25, 0.3) is 0 Å². The Morgan fingerprint density at radius 3 is 2.82 bits per heavy atom. The largest absolute Gasteiger partial charge is 0.478 e. The molecule has 1 aromatic rings. The molecular weight excluding hydrogens is 226 g/mol. The molecule has 0 aliphatic heterocycles. The summed E-state index contributed by atoms with van der Waals surface area (Å²) in [6, 6.07) is 0. The maximum Gasteiger partial charge on any atom is 0.377 e. The highest BCUT2D eigenvalue weighted by molar-refractivity contribution is 5.86. The highest BCUT2D eigenvalue weighted by Gasteiger charge is 2.11. The topological polar surface area (TPSA) is 94.3 Å². The van der Waals surface area contributed by atoms with Crippen LogP contribution < -0.4 is 0 Å². The summed E-state index contributed by atoms with van der Waals surface area (Å²) in [6.45, 7) is 2.00. The molecule has 17 heavy (non-hydrogen) atoms. The number of ether oxygens (including phenoxy) is 1. The lowest BCUT2D eigenvalue weighted by molar-refractivity contribution is -0.132. The van der Waals surface area contributed by atoms with E-state index in [9.17, 15) is 9.59 Å². The molecule has 1 N–H and O–H groups in total. The lowest BCUT2D eigenvalue weighted by atomic mass is 10.2. The van der Waals surface area contributed by atoms with Crippen LogP contribution in [-0.4, -0.2) is 38.9 Å². The van der Waals surface area contributed by atoms with E-state index in [1.165, 1.54) is 24.2 Å². The van der Waals surface area contributed by atoms with Gasteiger partial charge in [-0.15, -0.1) is 5.10 Å². The van der Waals surface area contributed by atoms with Crippen LogP contribution in [0.5, 0.6) is 0 Å². The summed E-state index contributed by atoms with van der Waals surface area (Å²) in [4.78, 5) is 25.5. The van der Waals surface area contributed by atoms with Gasteiger partial charge in [0.15, 0.2) is 0 Å². The highest BCUT2D eigenvalue weighted by atomic mass is 16.5. The Kier molecular flexibility index (Phi) is 4.38. The van der Waals surface area contributed by atoms with Crippen molar-refractivity contribution in [3.05, 3.63) is 23.8 Å². The first-order valence-corrected chi connectivity index (χ1v) is 4.98. The van der Waals surface area contributed by atoms with Crippen molar-refractivity contribution in [2.75, 3.05) is 7.11 Å². The minimum atomic E-state index is -0.958. The molecular formula is C10H13N3O4. The van der Waals surface area contributed by atoms with E-state index >= 15 is 0 Å². The second kappa shape index (κ2) is 5.78. The Hall–Kier alpha value is -2.18. The van der Waals surface area contributed by atoms with Gasteiger partial charge in [0.2, 0.25) is 0 Å². The third-order valence-electron chi connectivity index (χ3n) is 2.08. The summed E-state index contributed by atoms with van der Waals surface area (Å²) in [5.41, 5.74) is 0.292. The second-order valence-corrected chi connectivity index (χ2v) is 3.17. The summed E-state index contributed by atoms with van der Waals surface area (Å²) in [5.74, 6) is -1.63. The predicted molar refractivity (Wildman–Crippen MR) is 57.4 cm³/mol. The van der Waals surface area contributed by atoms with Crippen LogP contribution in [-0.2, 0) is 16.1 Å². The molecule has 0 fully saturated rings. The van der Waals surface area contributed by atoms with Gasteiger partial charge in [-0.2, -0.15) is 0 Å². The van der Waals surface area contributed by atoms with Crippen LogP contribution in [0.1, 0.15) is 24.0 Å². The summed E-state index contributed by atoms with van der Waals surface area (Å²) >= 11 is 0. The van der Waals surface area contributed by atoms with Crippen LogP contribution in [0.2, 0.25) is 0 Å². The third kappa shape index (κ3) is 3.40. The molecule has 0 spiro atoms. The van der Waals surface area contributed by atoms with E-state index < -0.39 is 11.9 Å². The summed E-state index contributed by atoms with van der Waals surface area (Å²) in [6.07, 6.45) is 3.30. The van der Waals surface area contributed by atoms with E-state index in [1.807, 2.05) is 0 Å². The van der Waals surface area contributed by atoms with Gasteiger partial charge in [0, 0.05) is 5.57 Å². The van der Waals surface area contributed by atoms with Gasteiger partial charge < -0.3 is 9.84 Å². The average Bonchev–Trinajstić information content (AvgIpc) is 2.77. The second-order valence-electron chi connectivity index (χ2n) is 3.17. The molecule has 0 aliphatic carbocycles. The number of carbonyl (C=O) groups excluding carboxylic acids is 1. The number of carboxylic acids is 1. The zero-order valence-electron chi connectivity index (χ0n) is 9.58. The van der Waals surface area contributed by atoms with Gasteiger partial charge in [-0.1, -0.05) is 13.0 Å². The number of hydrogen-bond donors (Lipinski definition) is 1. The standard InChI is InChI=1S/C10H13N3O4/c1-3-7(9(14)15)4-5-13-6-11-8(12-13)10(16)17-2/h4,6H,3,5H2,1-2H3,(H,14,15). The van der Waals surface area contributed by atoms with Crippen molar-refractivity contribution in [1.29, 1.82) is 0 Å². The molecule has 0 radical (unpaired) electrons. The van der Waals surface area contributed by atoms with Crippen molar-refractivity contribution in [3.8, 4) is 0 Å². The average molecular weight is 239 g/mol. The van der Waals surface area contributed by atoms with Gasteiger partial charge in [-0.3, -0.25) is 0 Å². The molecule has 0 saturated carbocycles. The zero-order valence-corrected chi connectivity index (χ0v) is 9.58. The number of aliphatic carboxylic acids is 1. The van der Waals surface area contributed by atoms with Gasteiger partial charge >= 0.3 is 11.9 Å². The highest BCUT2D eigenvalue weighted by Crippen LogP contribution is 2.01. The summed E-state index contributed by atoms with van der Waals surface area (Å²) in [5, 5.41) is 12.6. The number of nitrogens with zero attached hydrogens (tertiary/aromatic N) is 3. The summed E-state index contributed by atoms with van der Waals surface area (Å²) in [7, 11) is 1.24. The number of methoxy groups -OCH3 is 1. The van der Waals surface area contributed by atoms with Crippen LogP contribution in [0, 0.1) is 0 Å². The first-order valence-electron chi connectivity index (χ1n) is 4.98. The van der Waals surface area contributed by atoms with Crippen molar-refractivity contribution >= 4 is 11.9 Å². The maximum absolute atomic E-state index is 11.1. The van der Waals surface area contributed by atoms with E-state index in [0.717, 1.165) is 0 Å². The van der Waals surface area contributed by atoms with Crippen molar-refractivity contribution in [2.45, 2.75) is 19.9 Å². The van der Waals surface area contributed by atoms with Crippen molar-refractivity contribution in [3.63, 3.8) is 0 Å². The first-order chi connectivity index (χ1) is 8.08. The first kappa shape index (κ1) is 12.9. The Labute approximate surface area is 97.7 Å². The van der Waals surface area contributed by atoms with Crippen molar-refractivity contribution in [1.82, 2.24) is 14.8 Å². The molecule has 0 atom stereocenters. The molecule has 0 unspecified atom stereocenters. The fraction of sp³-hybridized carbons (Fsp3) is 0.400. The number of allylic oxidation sites excluding steroid dienone is 1. The smallest absolute Gasteiger partial charge is 0.377 e. The van der Waals surface area contributed by atoms with E-state index in [0.29, 0.717) is 12.0 Å². The maximum atomic E-state index is 11.1. The third-order valence-corrected chi connectivity index (χ3v) is 2.08. The Balaban J connectivity index is 2.73. The van der Waals surface area contributed by atoms with E-state index in [2.05, 4.69) is 14.8 Å². The normalized spacial score (nSPS) is 11.3. The van der Waals surface area contributed by atoms with Gasteiger partial charge in [0.05, 0.1) is 13.7 Å². The number of esters is 1. The molecule has 1 heterocycles. The van der Waals surface area contributed by atoms with Crippen LogP contribution in [0.15, 0.2) is 18.0 Å². The fourth-order valence-corrected chi connectivity index (χ4v) is 1.15. The van der Waals surface area contributed by atoms with Crippen LogP contribution >= 0.6 is 0 Å². The van der Waals surface area contributed by atoms with Gasteiger partial charge in [-0.25, -0.2) is 19.3 Å². The number of aromatic nitrogens is 3. The molecule has 7 heteroatoms. The molecule has 0 bridgehead atoms. The van der Waals surface area contributed by atoms with Crippen LogP contribution in [0.3, 0.4) is 0 Å². The monoisotopic (exact) mass is 239 g/mol. The minimum Gasteiger partial charge on any atom is -0.478 e. The number of carbonyl (C=O) groups is 2. The molecule has 1 aromatic heterocycles. The SMILES string of the molecule is CCC(=CCn1cnc(C(=O)OC)n1)C(=O)O. The Morgan fingerprint density at radius 2 is 2.29 bits per heavy atom. The molecule has 0 saturated heterocycles. The number of hydrogen-bond acceptors (Lipinski definition) is 5. The minimum absolute atomic E-state index is 0.0470.